The van der Waals surface area contributed by atoms with Crippen LogP contribution in [0.3, 0.4) is 0 Å². The van der Waals surface area contributed by atoms with Crippen molar-refractivity contribution in [3.05, 3.63) is 207 Å². The van der Waals surface area contributed by atoms with Crippen molar-refractivity contribution in [1.82, 2.24) is 0 Å². The highest BCUT2D eigenvalue weighted by atomic mass is 15.1. The molecule has 0 spiro atoms. The van der Waals surface area contributed by atoms with Gasteiger partial charge in [-0.1, -0.05) is 153 Å². The summed E-state index contributed by atoms with van der Waals surface area (Å²) in [7, 11) is 2.16. The van der Waals surface area contributed by atoms with Crippen molar-refractivity contribution >= 4 is 66.3 Å². The minimum Gasteiger partial charge on any atom is -0.344 e. The van der Waals surface area contributed by atoms with Crippen LogP contribution in [0.5, 0.6) is 0 Å². The van der Waals surface area contributed by atoms with Crippen molar-refractivity contribution in [2.45, 2.75) is 0 Å². The summed E-state index contributed by atoms with van der Waals surface area (Å²) in [6, 6.07) is 61.1. The lowest BCUT2D eigenvalue weighted by atomic mass is 9.99. The summed E-state index contributed by atoms with van der Waals surface area (Å²) in [5.41, 5.74) is 10.1. The third-order valence-electron chi connectivity index (χ3n) is 9.80. The van der Waals surface area contributed by atoms with E-state index < -0.39 is 0 Å². The van der Waals surface area contributed by atoms with Crippen LogP contribution in [0.2, 0.25) is 0 Å². The molecule has 244 valence electrons. The van der Waals surface area contributed by atoms with Crippen molar-refractivity contribution in [3.8, 4) is 11.1 Å². The van der Waals surface area contributed by atoms with Gasteiger partial charge in [-0.25, -0.2) is 0 Å². The number of benzene rings is 8. The Morgan fingerprint density at radius 3 is 1.65 bits per heavy atom. The van der Waals surface area contributed by atoms with Crippen molar-refractivity contribution in [2.75, 3.05) is 16.8 Å². The van der Waals surface area contributed by atoms with Gasteiger partial charge >= 0.3 is 0 Å². The van der Waals surface area contributed by atoms with Crippen LogP contribution < -0.4 is 9.80 Å². The van der Waals surface area contributed by atoms with E-state index in [2.05, 4.69) is 200 Å². The summed E-state index contributed by atoms with van der Waals surface area (Å²) in [5, 5.41) is 7.45. The van der Waals surface area contributed by atoms with Crippen molar-refractivity contribution in [3.63, 3.8) is 0 Å². The van der Waals surface area contributed by atoms with Gasteiger partial charge in [-0.3, -0.25) is 0 Å². The van der Waals surface area contributed by atoms with Crippen LogP contribution in [0.4, 0.5) is 28.4 Å². The average molecular weight is 655 g/mol. The van der Waals surface area contributed by atoms with Crippen LogP contribution >= 0.6 is 0 Å². The van der Waals surface area contributed by atoms with Gasteiger partial charge < -0.3 is 9.80 Å². The Kier molecular flexibility index (Phi) is 8.49. The molecular weight excluding hydrogens is 617 g/mol. The molecule has 51 heavy (non-hydrogen) atoms. The molecular formula is C49H38N2. The van der Waals surface area contributed by atoms with Gasteiger partial charge in [0.15, 0.2) is 0 Å². The Morgan fingerprint density at radius 1 is 0.471 bits per heavy atom. The molecule has 0 aliphatic rings. The fourth-order valence-corrected chi connectivity index (χ4v) is 7.17. The first-order chi connectivity index (χ1) is 25.1. The maximum Gasteiger partial charge on any atom is 0.0540 e. The number of anilines is 5. The molecule has 8 rings (SSSR count). The molecule has 0 bridgehead atoms. The van der Waals surface area contributed by atoms with Gasteiger partial charge in [-0.15, -0.1) is 0 Å². The highest BCUT2D eigenvalue weighted by Gasteiger charge is 2.16. The lowest BCUT2D eigenvalue weighted by Gasteiger charge is -2.27. The molecule has 0 aromatic heterocycles. The molecule has 0 unspecified atom stereocenters. The van der Waals surface area contributed by atoms with Gasteiger partial charge in [0.1, 0.15) is 0 Å². The molecule has 0 amide bonds. The quantitative estimate of drug-likeness (QED) is 0.113. The van der Waals surface area contributed by atoms with E-state index >= 15 is 0 Å². The van der Waals surface area contributed by atoms with E-state index in [9.17, 15) is 0 Å². The SMILES string of the molecule is C=C/C=C(\C=C)c1ccc(N(c2ccc(-c3ccc(N(C)c4cc5ccccc5c5ccccc45)cc3)cc2)c2cccc3ccccc23)cc1. The second kappa shape index (κ2) is 13.7. The van der Waals surface area contributed by atoms with Crippen molar-refractivity contribution in [2.24, 2.45) is 0 Å². The summed E-state index contributed by atoms with van der Waals surface area (Å²) in [6.07, 6.45) is 5.65. The number of hydrogen-bond acceptors (Lipinski definition) is 2. The molecule has 0 aliphatic heterocycles. The number of nitrogens with zero attached hydrogens (tertiary/aromatic N) is 2. The maximum atomic E-state index is 4.00. The van der Waals surface area contributed by atoms with Gasteiger partial charge in [0.25, 0.3) is 0 Å². The normalized spacial score (nSPS) is 11.5. The first-order valence-corrected chi connectivity index (χ1v) is 17.3. The lowest BCUT2D eigenvalue weighted by molar-refractivity contribution is 1.22. The summed E-state index contributed by atoms with van der Waals surface area (Å²) < 4.78 is 0. The largest absolute Gasteiger partial charge is 0.344 e. The third-order valence-corrected chi connectivity index (χ3v) is 9.80. The highest BCUT2D eigenvalue weighted by molar-refractivity contribution is 6.13. The minimum atomic E-state index is 1.04. The predicted molar refractivity (Wildman–Crippen MR) is 222 cm³/mol. The van der Waals surface area contributed by atoms with Gasteiger partial charge in [-0.05, 0) is 92.3 Å². The predicted octanol–water partition coefficient (Wildman–Crippen LogP) is 13.8. The average Bonchev–Trinajstić information content (AvgIpc) is 3.20. The van der Waals surface area contributed by atoms with E-state index in [0.29, 0.717) is 0 Å². The summed E-state index contributed by atoms with van der Waals surface area (Å²) in [5.74, 6) is 0. The molecule has 0 fully saturated rings. The van der Waals surface area contributed by atoms with Gasteiger partial charge in [0, 0.05) is 40.6 Å². The Labute approximate surface area is 300 Å². The zero-order valence-corrected chi connectivity index (χ0v) is 28.7. The second-order valence-corrected chi connectivity index (χ2v) is 12.8. The number of allylic oxidation sites excluding steroid dienone is 4. The first-order valence-electron chi connectivity index (χ1n) is 17.3. The Balaban J connectivity index is 1.13. The molecule has 0 heterocycles. The van der Waals surface area contributed by atoms with Crippen LogP contribution in [0, 0.1) is 0 Å². The zero-order valence-electron chi connectivity index (χ0n) is 28.7. The fraction of sp³-hybridized carbons (Fsp3) is 0.0204. The molecule has 0 N–H and O–H groups in total. The zero-order chi connectivity index (χ0) is 34.7. The van der Waals surface area contributed by atoms with Crippen LogP contribution in [-0.2, 0) is 0 Å². The first kappa shape index (κ1) is 31.6. The summed E-state index contributed by atoms with van der Waals surface area (Å²) in [6.45, 7) is 7.86. The molecule has 0 saturated carbocycles. The van der Waals surface area contributed by atoms with E-state index in [0.717, 1.165) is 33.9 Å². The van der Waals surface area contributed by atoms with E-state index in [-0.39, 0.29) is 0 Å². The van der Waals surface area contributed by atoms with E-state index in [1.165, 1.54) is 49.1 Å². The number of rotatable bonds is 9. The second-order valence-electron chi connectivity index (χ2n) is 12.8. The Bertz CT molecular complexity index is 2550. The van der Waals surface area contributed by atoms with Gasteiger partial charge in [0.2, 0.25) is 0 Å². The van der Waals surface area contributed by atoms with Gasteiger partial charge in [0.05, 0.1) is 5.69 Å². The lowest BCUT2D eigenvalue weighted by Crippen LogP contribution is -2.10. The highest BCUT2D eigenvalue weighted by Crippen LogP contribution is 2.41. The van der Waals surface area contributed by atoms with Crippen molar-refractivity contribution in [1.29, 1.82) is 0 Å². The van der Waals surface area contributed by atoms with E-state index in [1.54, 1.807) is 6.08 Å². The van der Waals surface area contributed by atoms with Crippen LogP contribution in [0.1, 0.15) is 5.56 Å². The minimum absolute atomic E-state index is 1.04. The monoisotopic (exact) mass is 654 g/mol. The standard InChI is InChI=1S/C49H38N2/c1-4-13-35(5-2)36-24-30-42(31-25-36)51(48-21-12-16-39-14-6-9-18-45(39)48)43-32-26-38(27-33-43)37-22-28-41(29-23-37)50(3)49-34-40-15-7-8-17-44(40)46-19-10-11-20-47(46)49/h4-34H,1-2H2,3H3/b35-13+. The van der Waals surface area contributed by atoms with E-state index in [4.69, 9.17) is 0 Å². The molecule has 2 nitrogen and oxygen atoms in total. The van der Waals surface area contributed by atoms with Crippen LogP contribution in [0.15, 0.2) is 201 Å². The van der Waals surface area contributed by atoms with Gasteiger partial charge in [-0.2, -0.15) is 0 Å². The third kappa shape index (κ3) is 5.98. The Morgan fingerprint density at radius 2 is 1.00 bits per heavy atom. The number of hydrogen-bond donors (Lipinski definition) is 0. The maximum absolute atomic E-state index is 4.00. The van der Waals surface area contributed by atoms with Crippen molar-refractivity contribution < 1.29 is 0 Å². The molecule has 0 atom stereocenters. The Hall–Kier alpha value is -6.64. The molecule has 8 aromatic carbocycles. The molecule has 8 aromatic rings. The fourth-order valence-electron chi connectivity index (χ4n) is 7.17. The molecule has 0 saturated heterocycles. The number of fused-ring (bicyclic) bond motifs is 4. The summed E-state index contributed by atoms with van der Waals surface area (Å²) >= 11 is 0. The topological polar surface area (TPSA) is 6.48 Å². The molecule has 0 aliphatic carbocycles. The molecule has 0 radical (unpaired) electrons. The molecule has 2 heteroatoms. The van der Waals surface area contributed by atoms with E-state index in [1.807, 2.05) is 12.2 Å². The van der Waals surface area contributed by atoms with Crippen LogP contribution in [-0.4, -0.2) is 7.05 Å². The summed E-state index contributed by atoms with van der Waals surface area (Å²) in [4.78, 5) is 4.63. The van der Waals surface area contributed by atoms with Crippen LogP contribution in [0.25, 0.3) is 49.0 Å². The smallest absolute Gasteiger partial charge is 0.0540 e.